The maximum absolute atomic E-state index is 12.0. The van der Waals surface area contributed by atoms with E-state index in [0.717, 1.165) is 10.0 Å². The molecule has 0 fully saturated rings. The first-order valence-electron chi connectivity index (χ1n) is 6.03. The zero-order chi connectivity index (χ0) is 15.4. The summed E-state index contributed by atoms with van der Waals surface area (Å²) in [4.78, 5) is 12.0. The van der Waals surface area contributed by atoms with Crippen LogP contribution in [0, 0.1) is 0 Å². The van der Waals surface area contributed by atoms with Gasteiger partial charge in [0.1, 0.15) is 0 Å². The number of nitrogens with zero attached hydrogens (tertiary/aromatic N) is 1. The van der Waals surface area contributed by atoms with Crippen LogP contribution in [0.2, 0.25) is 10.0 Å². The van der Waals surface area contributed by atoms with Crippen LogP contribution >= 0.6 is 39.1 Å². The molecule has 108 valence electrons. The summed E-state index contributed by atoms with van der Waals surface area (Å²) in [6.45, 7) is 1.82. The summed E-state index contributed by atoms with van der Waals surface area (Å²) in [6, 6.07) is 12.3. The lowest BCUT2D eigenvalue weighted by atomic mass is 10.1. The van der Waals surface area contributed by atoms with Crippen molar-refractivity contribution in [3.8, 4) is 0 Å². The summed E-state index contributed by atoms with van der Waals surface area (Å²) in [6.07, 6.45) is 0. The highest BCUT2D eigenvalue weighted by Gasteiger charge is 2.07. The number of nitrogens with one attached hydrogen (secondary N) is 1. The predicted molar refractivity (Wildman–Crippen MR) is 90.3 cm³/mol. The van der Waals surface area contributed by atoms with E-state index in [1.807, 2.05) is 31.2 Å². The fourth-order valence-corrected chi connectivity index (χ4v) is 2.15. The third-order valence-electron chi connectivity index (χ3n) is 2.77. The second-order valence-electron chi connectivity index (χ2n) is 4.27. The molecule has 2 rings (SSSR count). The molecule has 3 nitrogen and oxygen atoms in total. The summed E-state index contributed by atoms with van der Waals surface area (Å²) in [5, 5.41) is 4.81. The Labute approximate surface area is 141 Å². The first kappa shape index (κ1) is 16.0. The maximum atomic E-state index is 12.0. The molecule has 0 unspecified atom stereocenters. The summed E-state index contributed by atoms with van der Waals surface area (Å²) < 4.78 is 0.985. The molecule has 0 aliphatic rings. The van der Waals surface area contributed by atoms with Crippen molar-refractivity contribution < 1.29 is 4.79 Å². The number of hydrogen-bond acceptors (Lipinski definition) is 2. The molecule has 0 radical (unpaired) electrons. The van der Waals surface area contributed by atoms with E-state index in [2.05, 4.69) is 26.5 Å². The molecule has 0 aromatic heterocycles. The molecule has 0 spiro atoms. The highest BCUT2D eigenvalue weighted by Crippen LogP contribution is 2.22. The van der Waals surface area contributed by atoms with Crippen LogP contribution in [-0.4, -0.2) is 11.6 Å². The van der Waals surface area contributed by atoms with Crippen LogP contribution in [0.3, 0.4) is 0 Å². The number of benzene rings is 2. The molecule has 0 saturated heterocycles. The fourth-order valence-electron chi connectivity index (χ4n) is 1.59. The van der Waals surface area contributed by atoms with E-state index < -0.39 is 0 Å². The number of rotatable bonds is 3. The summed E-state index contributed by atoms with van der Waals surface area (Å²) >= 11 is 15.1. The lowest BCUT2D eigenvalue weighted by molar-refractivity contribution is 0.0955. The van der Waals surface area contributed by atoms with Gasteiger partial charge in [0.25, 0.3) is 5.91 Å². The van der Waals surface area contributed by atoms with Gasteiger partial charge in [-0.3, -0.25) is 4.79 Å². The minimum atomic E-state index is -0.343. The number of halogens is 3. The van der Waals surface area contributed by atoms with Gasteiger partial charge < -0.3 is 0 Å². The Hall–Kier alpha value is -1.36. The monoisotopic (exact) mass is 384 g/mol. The Kier molecular flexibility index (Phi) is 5.39. The van der Waals surface area contributed by atoms with Crippen LogP contribution in [-0.2, 0) is 0 Å². The molecule has 0 heterocycles. The smallest absolute Gasteiger partial charge is 0.267 e. The molecular formula is C15H11BrCl2N2O. The second kappa shape index (κ2) is 7.07. The van der Waals surface area contributed by atoms with Gasteiger partial charge in [-0.1, -0.05) is 51.3 Å². The summed E-state index contributed by atoms with van der Waals surface area (Å²) in [5.74, 6) is -0.343. The molecule has 2 aromatic carbocycles. The Morgan fingerprint density at radius 2 is 1.67 bits per heavy atom. The van der Waals surface area contributed by atoms with Crippen LogP contribution in [0.4, 0.5) is 0 Å². The Morgan fingerprint density at radius 3 is 2.29 bits per heavy atom. The van der Waals surface area contributed by atoms with Crippen molar-refractivity contribution in [2.75, 3.05) is 0 Å². The topological polar surface area (TPSA) is 41.5 Å². The van der Waals surface area contributed by atoms with Gasteiger partial charge in [-0.25, -0.2) is 5.43 Å². The van der Waals surface area contributed by atoms with Crippen molar-refractivity contribution in [1.29, 1.82) is 0 Å². The quantitative estimate of drug-likeness (QED) is 0.591. The average molecular weight is 386 g/mol. The van der Waals surface area contributed by atoms with Gasteiger partial charge in [-0.2, -0.15) is 5.10 Å². The molecule has 0 atom stereocenters. The molecule has 0 bridgehead atoms. The van der Waals surface area contributed by atoms with Crippen molar-refractivity contribution in [3.63, 3.8) is 0 Å². The molecule has 0 aliphatic carbocycles. The average Bonchev–Trinajstić information content (AvgIpc) is 2.48. The van der Waals surface area contributed by atoms with Crippen LogP contribution < -0.4 is 5.43 Å². The molecule has 0 aliphatic heterocycles. The highest BCUT2D eigenvalue weighted by atomic mass is 79.9. The minimum absolute atomic E-state index is 0.331. The number of hydrogen-bond donors (Lipinski definition) is 1. The Bertz CT molecular complexity index is 699. The van der Waals surface area contributed by atoms with E-state index in [0.29, 0.717) is 21.3 Å². The van der Waals surface area contributed by atoms with Crippen LogP contribution in [0.1, 0.15) is 22.8 Å². The van der Waals surface area contributed by atoms with Crippen LogP contribution in [0.25, 0.3) is 0 Å². The van der Waals surface area contributed by atoms with Crippen LogP contribution in [0.5, 0.6) is 0 Å². The van der Waals surface area contributed by atoms with Crippen molar-refractivity contribution in [2.45, 2.75) is 6.92 Å². The van der Waals surface area contributed by atoms with E-state index in [9.17, 15) is 4.79 Å². The number of carbonyl (C=O) groups excluding carboxylic acids is 1. The minimum Gasteiger partial charge on any atom is -0.267 e. The number of amides is 1. The van der Waals surface area contributed by atoms with Gasteiger partial charge in [-0.15, -0.1) is 0 Å². The third kappa shape index (κ3) is 4.30. The number of hydrazone groups is 1. The van der Waals surface area contributed by atoms with Crippen molar-refractivity contribution in [3.05, 3.63) is 68.1 Å². The van der Waals surface area contributed by atoms with E-state index in [1.54, 1.807) is 12.1 Å². The first-order chi connectivity index (χ1) is 9.97. The summed E-state index contributed by atoms with van der Waals surface area (Å²) in [7, 11) is 0. The van der Waals surface area contributed by atoms with Gasteiger partial charge in [-0.05, 0) is 42.8 Å². The molecule has 1 N–H and O–H groups in total. The van der Waals surface area contributed by atoms with Gasteiger partial charge in [0.15, 0.2) is 0 Å². The summed E-state index contributed by atoms with van der Waals surface area (Å²) in [5.41, 5.74) is 4.52. The van der Waals surface area contributed by atoms with E-state index >= 15 is 0 Å². The Balaban J connectivity index is 2.10. The lowest BCUT2D eigenvalue weighted by Gasteiger charge is -2.04. The molecule has 6 heteroatoms. The van der Waals surface area contributed by atoms with E-state index in [-0.39, 0.29) is 5.91 Å². The predicted octanol–water partition coefficient (Wildman–Crippen LogP) is 4.91. The van der Waals surface area contributed by atoms with Crippen molar-refractivity contribution in [2.24, 2.45) is 5.10 Å². The van der Waals surface area contributed by atoms with Gasteiger partial charge in [0, 0.05) is 10.0 Å². The van der Waals surface area contributed by atoms with Gasteiger partial charge >= 0.3 is 0 Å². The normalized spacial score (nSPS) is 11.3. The van der Waals surface area contributed by atoms with Crippen LogP contribution in [0.15, 0.2) is 52.0 Å². The largest absolute Gasteiger partial charge is 0.271 e. The molecule has 1 amide bonds. The molecular weight excluding hydrogens is 375 g/mol. The van der Waals surface area contributed by atoms with E-state index in [1.165, 1.54) is 6.07 Å². The second-order valence-corrected chi connectivity index (χ2v) is 6.00. The third-order valence-corrected chi connectivity index (χ3v) is 4.04. The van der Waals surface area contributed by atoms with E-state index in [4.69, 9.17) is 23.2 Å². The molecule has 0 saturated carbocycles. The van der Waals surface area contributed by atoms with Gasteiger partial charge in [0.2, 0.25) is 0 Å². The molecule has 2 aromatic rings. The zero-order valence-corrected chi connectivity index (χ0v) is 14.1. The SMILES string of the molecule is CC(=NNC(=O)c1ccc(Cl)c(Cl)c1)c1ccc(Br)cc1. The lowest BCUT2D eigenvalue weighted by Crippen LogP contribution is -2.19. The zero-order valence-electron chi connectivity index (χ0n) is 11.0. The maximum Gasteiger partial charge on any atom is 0.271 e. The highest BCUT2D eigenvalue weighted by molar-refractivity contribution is 9.10. The first-order valence-corrected chi connectivity index (χ1v) is 7.58. The molecule has 21 heavy (non-hydrogen) atoms. The van der Waals surface area contributed by atoms with Gasteiger partial charge in [0.05, 0.1) is 15.8 Å². The fraction of sp³-hybridized carbons (Fsp3) is 0.0667. The number of carbonyl (C=O) groups is 1. The van der Waals surface area contributed by atoms with Crippen molar-refractivity contribution in [1.82, 2.24) is 5.43 Å². The van der Waals surface area contributed by atoms with Crippen molar-refractivity contribution >= 4 is 50.8 Å². The standard InChI is InChI=1S/C15H11BrCl2N2O/c1-9(10-2-5-12(16)6-3-10)19-20-15(21)11-4-7-13(17)14(18)8-11/h2-8H,1H3,(H,20,21). The Morgan fingerprint density at radius 1 is 1.05 bits per heavy atom.